The van der Waals surface area contributed by atoms with Gasteiger partial charge in [-0.15, -0.1) is 0 Å². The highest BCUT2D eigenvalue weighted by Gasteiger charge is 2.17. The van der Waals surface area contributed by atoms with Crippen LogP contribution in [-0.4, -0.2) is 10.0 Å². The zero-order valence-corrected chi connectivity index (χ0v) is 10.8. The van der Waals surface area contributed by atoms with E-state index in [1.165, 1.54) is 18.2 Å². The molecule has 0 radical (unpaired) electrons. The van der Waals surface area contributed by atoms with E-state index in [-0.39, 0.29) is 23.7 Å². The fraction of sp³-hybridized carbons (Fsp3) is 0.143. The molecule has 2 N–H and O–H groups in total. The maximum Gasteiger partial charge on any atom is 0.295 e. The number of nitrogens with one attached hydrogen (secondary N) is 1. The molecule has 0 unspecified atom stereocenters. The van der Waals surface area contributed by atoms with Crippen molar-refractivity contribution in [3.63, 3.8) is 0 Å². The molecule has 0 amide bonds. The van der Waals surface area contributed by atoms with Gasteiger partial charge in [-0.3, -0.25) is 10.1 Å². The summed E-state index contributed by atoms with van der Waals surface area (Å²) in [5, 5.41) is 23.2. The number of halogens is 1. The monoisotopic (exact) mass is 276 g/mol. The van der Waals surface area contributed by atoms with E-state index in [9.17, 15) is 19.6 Å². The van der Waals surface area contributed by atoms with Crippen molar-refractivity contribution >= 4 is 11.4 Å². The summed E-state index contributed by atoms with van der Waals surface area (Å²) in [4.78, 5) is 10.2. The number of hydrogen-bond donors (Lipinski definition) is 2. The molecule has 5 nitrogen and oxygen atoms in total. The first-order chi connectivity index (χ1) is 9.49. The topological polar surface area (TPSA) is 75.4 Å². The van der Waals surface area contributed by atoms with Crippen LogP contribution in [0.2, 0.25) is 0 Å². The molecule has 2 aromatic carbocycles. The quantitative estimate of drug-likeness (QED) is 0.663. The highest BCUT2D eigenvalue weighted by Crippen LogP contribution is 2.28. The molecule has 20 heavy (non-hydrogen) atoms. The molecule has 0 fully saturated rings. The van der Waals surface area contributed by atoms with Gasteiger partial charge in [-0.25, -0.2) is 4.39 Å². The molecule has 2 aromatic rings. The normalized spacial score (nSPS) is 10.3. The summed E-state index contributed by atoms with van der Waals surface area (Å²) in [5.74, 6) is -0.645. The van der Waals surface area contributed by atoms with E-state index in [1.54, 1.807) is 12.1 Å². The molecule has 0 aliphatic heterocycles. The van der Waals surface area contributed by atoms with Crippen molar-refractivity contribution in [1.82, 2.24) is 0 Å². The van der Waals surface area contributed by atoms with Crippen molar-refractivity contribution in [3.05, 3.63) is 63.5 Å². The molecule has 0 aliphatic carbocycles. The largest absolute Gasteiger partial charge is 0.508 e. The van der Waals surface area contributed by atoms with Crippen LogP contribution < -0.4 is 5.32 Å². The van der Waals surface area contributed by atoms with Crippen molar-refractivity contribution in [1.29, 1.82) is 0 Å². The van der Waals surface area contributed by atoms with Crippen LogP contribution >= 0.6 is 0 Å². The first-order valence-electron chi connectivity index (χ1n) is 5.94. The number of aromatic hydroxyl groups is 1. The van der Waals surface area contributed by atoms with Crippen LogP contribution in [0.15, 0.2) is 36.4 Å². The van der Waals surface area contributed by atoms with Gasteiger partial charge < -0.3 is 10.4 Å². The Morgan fingerprint density at radius 3 is 2.80 bits per heavy atom. The number of nitro groups is 1. The van der Waals surface area contributed by atoms with Gasteiger partial charge in [0, 0.05) is 18.2 Å². The van der Waals surface area contributed by atoms with Crippen LogP contribution in [0.25, 0.3) is 0 Å². The van der Waals surface area contributed by atoms with Crippen molar-refractivity contribution in [2.24, 2.45) is 0 Å². The number of benzene rings is 2. The third-order valence-electron chi connectivity index (χ3n) is 2.88. The van der Waals surface area contributed by atoms with E-state index in [1.807, 2.05) is 6.92 Å². The predicted octanol–water partition coefficient (Wildman–Crippen LogP) is 3.36. The van der Waals surface area contributed by atoms with Gasteiger partial charge in [-0.05, 0) is 19.1 Å². The summed E-state index contributed by atoms with van der Waals surface area (Å²) >= 11 is 0. The lowest BCUT2D eigenvalue weighted by atomic mass is 10.1. The summed E-state index contributed by atoms with van der Waals surface area (Å²) in [6, 6.07) is 8.65. The summed E-state index contributed by atoms with van der Waals surface area (Å²) in [5.41, 5.74) is 0.959. The molecule has 0 saturated heterocycles. The number of nitrogens with zero attached hydrogens (tertiary/aromatic N) is 1. The average molecular weight is 276 g/mol. The van der Waals surface area contributed by atoms with Crippen molar-refractivity contribution < 1.29 is 14.4 Å². The van der Waals surface area contributed by atoms with E-state index in [4.69, 9.17) is 0 Å². The Bertz CT molecular complexity index is 659. The standard InChI is InChI=1S/C14H13FN2O3/c1-9-5-6-13(18)10(7-9)8-16-14-11(15)3-2-4-12(14)17(19)20/h2-7,16,18H,8H2,1H3. The molecule has 0 aliphatic rings. The maximum atomic E-state index is 13.7. The number of nitro benzene ring substituents is 1. The first-order valence-corrected chi connectivity index (χ1v) is 5.94. The van der Waals surface area contributed by atoms with Crippen LogP contribution in [0.4, 0.5) is 15.8 Å². The van der Waals surface area contributed by atoms with Crippen LogP contribution in [-0.2, 0) is 6.54 Å². The number of para-hydroxylation sites is 1. The molecule has 104 valence electrons. The molecule has 0 atom stereocenters. The Kier molecular flexibility index (Phi) is 3.84. The Morgan fingerprint density at radius 1 is 1.35 bits per heavy atom. The first kappa shape index (κ1) is 13.8. The predicted molar refractivity (Wildman–Crippen MR) is 73.2 cm³/mol. The van der Waals surface area contributed by atoms with E-state index in [0.29, 0.717) is 5.56 Å². The van der Waals surface area contributed by atoms with Gasteiger partial charge >= 0.3 is 0 Å². The highest BCUT2D eigenvalue weighted by atomic mass is 19.1. The number of phenolic OH excluding ortho intramolecular Hbond substituents is 1. The van der Waals surface area contributed by atoms with Crippen LogP contribution in [0.3, 0.4) is 0 Å². The molecular weight excluding hydrogens is 263 g/mol. The van der Waals surface area contributed by atoms with Gasteiger partial charge in [0.2, 0.25) is 0 Å². The van der Waals surface area contributed by atoms with Gasteiger partial charge in [0.15, 0.2) is 5.82 Å². The van der Waals surface area contributed by atoms with Gasteiger partial charge in [0.25, 0.3) is 5.69 Å². The minimum absolute atomic E-state index is 0.0575. The highest BCUT2D eigenvalue weighted by molar-refractivity contribution is 5.62. The van der Waals surface area contributed by atoms with Crippen LogP contribution in [0.1, 0.15) is 11.1 Å². The zero-order chi connectivity index (χ0) is 14.7. The second-order valence-corrected chi connectivity index (χ2v) is 4.38. The van der Waals surface area contributed by atoms with Crippen LogP contribution in [0.5, 0.6) is 5.75 Å². The van der Waals surface area contributed by atoms with Gasteiger partial charge in [-0.1, -0.05) is 23.8 Å². The molecule has 0 bridgehead atoms. The molecule has 0 heterocycles. The number of rotatable bonds is 4. The minimum Gasteiger partial charge on any atom is -0.508 e. The fourth-order valence-corrected chi connectivity index (χ4v) is 1.88. The van der Waals surface area contributed by atoms with Crippen LogP contribution in [0, 0.1) is 22.9 Å². The third kappa shape index (κ3) is 2.85. The summed E-state index contributed by atoms with van der Waals surface area (Å²) in [6.07, 6.45) is 0. The van der Waals surface area contributed by atoms with Gasteiger partial charge in [-0.2, -0.15) is 0 Å². The fourth-order valence-electron chi connectivity index (χ4n) is 1.88. The van der Waals surface area contributed by atoms with E-state index < -0.39 is 10.7 Å². The summed E-state index contributed by atoms with van der Waals surface area (Å²) in [7, 11) is 0. The number of hydrogen-bond acceptors (Lipinski definition) is 4. The Morgan fingerprint density at radius 2 is 2.10 bits per heavy atom. The smallest absolute Gasteiger partial charge is 0.295 e. The number of aryl methyl sites for hydroxylation is 1. The average Bonchev–Trinajstić information content (AvgIpc) is 2.40. The van der Waals surface area contributed by atoms with Gasteiger partial charge in [0.05, 0.1) is 4.92 Å². The third-order valence-corrected chi connectivity index (χ3v) is 2.88. The molecule has 2 rings (SSSR count). The molecular formula is C14H13FN2O3. The second kappa shape index (κ2) is 5.56. The Hall–Kier alpha value is -2.63. The van der Waals surface area contributed by atoms with Crippen molar-refractivity contribution in [2.75, 3.05) is 5.32 Å². The molecule has 0 aromatic heterocycles. The van der Waals surface area contributed by atoms with Crippen molar-refractivity contribution in [3.8, 4) is 5.75 Å². The van der Waals surface area contributed by atoms with E-state index in [0.717, 1.165) is 11.6 Å². The van der Waals surface area contributed by atoms with E-state index >= 15 is 0 Å². The lowest BCUT2D eigenvalue weighted by Crippen LogP contribution is -2.05. The minimum atomic E-state index is -0.702. The maximum absolute atomic E-state index is 13.7. The zero-order valence-electron chi connectivity index (χ0n) is 10.8. The lowest BCUT2D eigenvalue weighted by Gasteiger charge is -2.10. The number of phenols is 1. The Labute approximate surface area is 114 Å². The number of anilines is 1. The Balaban J connectivity index is 2.27. The summed E-state index contributed by atoms with van der Waals surface area (Å²) in [6.45, 7) is 1.95. The lowest BCUT2D eigenvalue weighted by molar-refractivity contribution is -0.384. The summed E-state index contributed by atoms with van der Waals surface area (Å²) < 4.78 is 13.7. The second-order valence-electron chi connectivity index (χ2n) is 4.38. The SMILES string of the molecule is Cc1ccc(O)c(CNc2c(F)cccc2[N+](=O)[O-])c1. The molecule has 0 spiro atoms. The molecule has 6 heteroatoms. The van der Waals surface area contributed by atoms with Gasteiger partial charge in [0.1, 0.15) is 11.4 Å². The van der Waals surface area contributed by atoms with Crippen molar-refractivity contribution in [2.45, 2.75) is 13.5 Å². The molecule has 0 saturated carbocycles. The van der Waals surface area contributed by atoms with E-state index in [2.05, 4.69) is 5.32 Å².